The van der Waals surface area contributed by atoms with E-state index in [0.717, 1.165) is 25.0 Å². The molecule has 2 atom stereocenters. The quantitative estimate of drug-likeness (QED) is 0.856. The van der Waals surface area contributed by atoms with E-state index in [9.17, 15) is 13.9 Å². The van der Waals surface area contributed by atoms with Gasteiger partial charge in [-0.3, -0.25) is 0 Å². The number of rotatable bonds is 2. The molecule has 1 aliphatic rings. The number of aliphatic hydroxyl groups is 1. The predicted molar refractivity (Wildman–Crippen MR) is 71.8 cm³/mol. The van der Waals surface area contributed by atoms with E-state index >= 15 is 0 Å². The average Bonchev–Trinajstić information content (AvgIpc) is 2.30. The maximum absolute atomic E-state index is 13.7. The summed E-state index contributed by atoms with van der Waals surface area (Å²) >= 11 is 0. The van der Waals surface area contributed by atoms with E-state index in [4.69, 9.17) is 0 Å². The summed E-state index contributed by atoms with van der Waals surface area (Å²) in [4.78, 5) is 0. The molecule has 0 spiro atoms. The van der Waals surface area contributed by atoms with Crippen LogP contribution in [0.15, 0.2) is 18.2 Å². The van der Waals surface area contributed by atoms with Crippen LogP contribution in [-0.2, 0) is 6.42 Å². The van der Waals surface area contributed by atoms with Crippen molar-refractivity contribution in [2.24, 2.45) is 11.3 Å². The van der Waals surface area contributed by atoms with Crippen molar-refractivity contribution in [1.29, 1.82) is 0 Å². The van der Waals surface area contributed by atoms with Crippen LogP contribution in [-0.4, -0.2) is 10.7 Å². The lowest BCUT2D eigenvalue weighted by atomic mass is 9.64. The number of halogens is 2. The van der Waals surface area contributed by atoms with Crippen LogP contribution in [0, 0.1) is 23.0 Å². The molecule has 0 heterocycles. The first kappa shape index (κ1) is 14.4. The Morgan fingerprint density at radius 3 is 2.58 bits per heavy atom. The van der Waals surface area contributed by atoms with E-state index in [0.29, 0.717) is 6.42 Å². The zero-order valence-electron chi connectivity index (χ0n) is 11.8. The van der Waals surface area contributed by atoms with E-state index in [1.54, 1.807) is 0 Å². The summed E-state index contributed by atoms with van der Waals surface area (Å²) in [7, 11) is 0. The van der Waals surface area contributed by atoms with Gasteiger partial charge in [-0.15, -0.1) is 0 Å². The SMILES string of the molecule is CC1CC(C)(C)CCC1(O)Cc1cc(F)ccc1F. The van der Waals surface area contributed by atoms with Crippen LogP contribution in [0.5, 0.6) is 0 Å². The molecule has 2 rings (SSSR count). The van der Waals surface area contributed by atoms with E-state index in [-0.39, 0.29) is 23.3 Å². The Balaban J connectivity index is 2.20. The molecule has 1 N–H and O–H groups in total. The Hall–Kier alpha value is -0.960. The molecular weight excluding hydrogens is 246 g/mol. The van der Waals surface area contributed by atoms with E-state index in [1.165, 1.54) is 6.07 Å². The Kier molecular flexibility index (Phi) is 3.69. The summed E-state index contributed by atoms with van der Waals surface area (Å²) in [5, 5.41) is 10.8. The number of hydrogen-bond donors (Lipinski definition) is 1. The molecule has 1 saturated carbocycles. The highest BCUT2D eigenvalue weighted by Crippen LogP contribution is 2.45. The fourth-order valence-electron chi connectivity index (χ4n) is 3.19. The van der Waals surface area contributed by atoms with Gasteiger partial charge in [0.25, 0.3) is 0 Å². The lowest BCUT2D eigenvalue weighted by molar-refractivity contribution is -0.0709. The Morgan fingerprint density at radius 2 is 1.95 bits per heavy atom. The molecule has 3 heteroatoms. The topological polar surface area (TPSA) is 20.2 Å². The van der Waals surface area contributed by atoms with Gasteiger partial charge in [0.05, 0.1) is 5.60 Å². The van der Waals surface area contributed by atoms with E-state index in [2.05, 4.69) is 13.8 Å². The second-order valence-corrected chi connectivity index (χ2v) is 6.79. The van der Waals surface area contributed by atoms with Crippen molar-refractivity contribution in [1.82, 2.24) is 0 Å². The molecule has 0 bridgehead atoms. The van der Waals surface area contributed by atoms with Gasteiger partial charge in [0.1, 0.15) is 11.6 Å². The molecule has 0 amide bonds. The second-order valence-electron chi connectivity index (χ2n) is 6.79. The third-order valence-corrected chi connectivity index (χ3v) is 4.52. The fraction of sp³-hybridized carbons (Fsp3) is 0.625. The number of benzene rings is 1. The molecule has 1 fully saturated rings. The standard InChI is InChI=1S/C16H22F2O/c1-11-9-15(2,3)6-7-16(11,19)10-12-8-13(17)4-5-14(12)18/h4-5,8,11,19H,6-7,9-10H2,1-3H3. The first-order valence-corrected chi connectivity index (χ1v) is 6.88. The monoisotopic (exact) mass is 268 g/mol. The zero-order chi connectivity index (χ0) is 14.3. The van der Waals surface area contributed by atoms with Crippen molar-refractivity contribution in [2.75, 3.05) is 0 Å². The van der Waals surface area contributed by atoms with Gasteiger partial charge in [0.15, 0.2) is 0 Å². The van der Waals surface area contributed by atoms with Crippen molar-refractivity contribution in [3.05, 3.63) is 35.4 Å². The van der Waals surface area contributed by atoms with Crippen LogP contribution in [0.25, 0.3) is 0 Å². The van der Waals surface area contributed by atoms with Crippen molar-refractivity contribution < 1.29 is 13.9 Å². The largest absolute Gasteiger partial charge is 0.389 e. The van der Waals surface area contributed by atoms with Gasteiger partial charge in [0, 0.05) is 6.42 Å². The molecule has 1 nitrogen and oxygen atoms in total. The highest BCUT2D eigenvalue weighted by Gasteiger charge is 2.42. The molecule has 19 heavy (non-hydrogen) atoms. The van der Waals surface area contributed by atoms with E-state index in [1.807, 2.05) is 6.92 Å². The highest BCUT2D eigenvalue weighted by molar-refractivity contribution is 5.21. The van der Waals surface area contributed by atoms with Crippen molar-refractivity contribution in [3.63, 3.8) is 0 Å². The molecule has 0 aromatic heterocycles. The lowest BCUT2D eigenvalue weighted by Crippen LogP contribution is -2.45. The molecule has 0 radical (unpaired) electrons. The normalized spacial score (nSPS) is 30.3. The Bertz CT molecular complexity index is 470. The summed E-state index contributed by atoms with van der Waals surface area (Å²) in [6.07, 6.45) is 2.64. The molecule has 0 aliphatic heterocycles. The third kappa shape index (κ3) is 3.14. The molecule has 106 valence electrons. The summed E-state index contributed by atoms with van der Waals surface area (Å²) in [5.41, 5.74) is -0.440. The molecule has 0 saturated heterocycles. The minimum Gasteiger partial charge on any atom is -0.389 e. The first-order valence-electron chi connectivity index (χ1n) is 6.88. The second kappa shape index (κ2) is 4.86. The fourth-order valence-corrected chi connectivity index (χ4v) is 3.19. The third-order valence-electron chi connectivity index (χ3n) is 4.52. The van der Waals surface area contributed by atoms with Gasteiger partial charge in [0.2, 0.25) is 0 Å². The lowest BCUT2D eigenvalue weighted by Gasteiger charge is -2.45. The molecular formula is C16H22F2O. The first-order chi connectivity index (χ1) is 8.72. The summed E-state index contributed by atoms with van der Waals surface area (Å²) in [6.45, 7) is 6.37. The van der Waals surface area contributed by atoms with Crippen LogP contribution >= 0.6 is 0 Å². The van der Waals surface area contributed by atoms with Crippen LogP contribution in [0.4, 0.5) is 8.78 Å². The summed E-state index contributed by atoms with van der Waals surface area (Å²) in [5.74, 6) is -0.811. The van der Waals surface area contributed by atoms with Crippen LogP contribution in [0.3, 0.4) is 0 Å². The van der Waals surface area contributed by atoms with Crippen LogP contribution in [0.2, 0.25) is 0 Å². The minimum absolute atomic E-state index is 0.0823. The van der Waals surface area contributed by atoms with Gasteiger partial charge >= 0.3 is 0 Å². The average molecular weight is 268 g/mol. The molecule has 1 aromatic carbocycles. The van der Waals surface area contributed by atoms with Gasteiger partial charge in [-0.05, 0) is 54.4 Å². The van der Waals surface area contributed by atoms with Crippen molar-refractivity contribution in [3.8, 4) is 0 Å². The van der Waals surface area contributed by atoms with Crippen molar-refractivity contribution in [2.45, 2.75) is 52.1 Å². The van der Waals surface area contributed by atoms with Gasteiger partial charge in [-0.25, -0.2) is 8.78 Å². The van der Waals surface area contributed by atoms with Crippen LogP contribution < -0.4 is 0 Å². The maximum atomic E-state index is 13.7. The molecule has 1 aromatic rings. The highest BCUT2D eigenvalue weighted by atomic mass is 19.1. The van der Waals surface area contributed by atoms with Crippen LogP contribution in [0.1, 0.15) is 45.6 Å². The molecule has 2 unspecified atom stereocenters. The Labute approximate surface area is 113 Å². The van der Waals surface area contributed by atoms with Gasteiger partial charge < -0.3 is 5.11 Å². The Morgan fingerprint density at radius 1 is 1.26 bits per heavy atom. The molecule has 1 aliphatic carbocycles. The van der Waals surface area contributed by atoms with Gasteiger partial charge in [-0.1, -0.05) is 20.8 Å². The minimum atomic E-state index is -0.926. The van der Waals surface area contributed by atoms with Gasteiger partial charge in [-0.2, -0.15) is 0 Å². The summed E-state index contributed by atoms with van der Waals surface area (Å²) < 4.78 is 26.9. The zero-order valence-corrected chi connectivity index (χ0v) is 11.8. The number of hydrogen-bond acceptors (Lipinski definition) is 1. The van der Waals surface area contributed by atoms with Crippen molar-refractivity contribution >= 4 is 0 Å². The maximum Gasteiger partial charge on any atom is 0.126 e. The summed E-state index contributed by atoms with van der Waals surface area (Å²) in [6, 6.07) is 3.43. The predicted octanol–water partition coefficient (Wildman–Crippen LogP) is 4.08. The van der Waals surface area contributed by atoms with E-state index < -0.39 is 17.2 Å². The smallest absolute Gasteiger partial charge is 0.126 e.